The van der Waals surface area contributed by atoms with Crippen molar-refractivity contribution in [1.29, 1.82) is 5.41 Å². The fourth-order valence-corrected chi connectivity index (χ4v) is 1.38. The van der Waals surface area contributed by atoms with Gasteiger partial charge in [0, 0.05) is 21.2 Å². The summed E-state index contributed by atoms with van der Waals surface area (Å²) in [7, 11) is 4.66. The van der Waals surface area contributed by atoms with Crippen molar-refractivity contribution in [2.24, 2.45) is 0 Å². The van der Waals surface area contributed by atoms with Crippen LogP contribution in [-0.4, -0.2) is 24.2 Å². The third-order valence-corrected chi connectivity index (χ3v) is 2.48. The van der Waals surface area contributed by atoms with Gasteiger partial charge in [0.1, 0.15) is 0 Å². The molecule has 0 saturated heterocycles. The number of halogens is 1. The lowest BCUT2D eigenvalue weighted by atomic mass is 10.1. The average Bonchev–Trinajstić information content (AvgIpc) is 2.26. The van der Waals surface area contributed by atoms with Gasteiger partial charge in [0.25, 0.3) is 0 Å². The van der Waals surface area contributed by atoms with Gasteiger partial charge in [-0.25, -0.2) is 0 Å². The first-order valence-corrected chi connectivity index (χ1v) is 6.23. The van der Waals surface area contributed by atoms with E-state index in [-0.39, 0.29) is 6.04 Å². The topological polar surface area (TPSA) is 45.1 Å². The lowest BCUT2D eigenvalue weighted by Crippen LogP contribution is -2.25. The zero-order chi connectivity index (χ0) is 11.4. The highest BCUT2D eigenvalue weighted by atomic mass is 35.5. The second-order valence-corrected chi connectivity index (χ2v) is 3.41. The van der Waals surface area contributed by atoms with E-state index < -0.39 is 0 Å². The van der Waals surface area contributed by atoms with Crippen LogP contribution in [0.15, 0.2) is 0 Å². The Bertz CT molecular complexity index is 139. The second kappa shape index (κ2) is 13.7. The Morgan fingerprint density at radius 2 is 2.14 bits per heavy atom. The normalized spacial score (nSPS) is 11.5. The Labute approximate surface area is 96.8 Å². The van der Waals surface area contributed by atoms with Gasteiger partial charge in [0.15, 0.2) is 0 Å². The van der Waals surface area contributed by atoms with Crippen LogP contribution in [0.1, 0.15) is 26.7 Å². The van der Waals surface area contributed by atoms with Crippen molar-refractivity contribution < 1.29 is 4.52 Å². The van der Waals surface area contributed by atoms with Gasteiger partial charge < -0.3 is 9.93 Å². The largest absolute Gasteiger partial charge is 0.364 e. The summed E-state index contributed by atoms with van der Waals surface area (Å²) in [6, 6.07) is 0.274. The molecule has 3 unspecified atom stereocenters. The molecule has 0 aromatic carbocycles. The molecule has 0 aliphatic heterocycles. The highest BCUT2D eigenvalue weighted by molar-refractivity contribution is 7.13. The first kappa shape index (κ1) is 17.1. The fraction of sp³-hybridized carbons (Fsp3) is 0.875. The van der Waals surface area contributed by atoms with Crippen LogP contribution in [-0.2, 0) is 4.52 Å². The predicted octanol–water partition coefficient (Wildman–Crippen LogP) is 2.61. The summed E-state index contributed by atoms with van der Waals surface area (Å²) >= 11 is 5.47. The Balaban J connectivity index is 0. The molecule has 3 atom stereocenters. The van der Waals surface area contributed by atoms with E-state index in [0.717, 1.165) is 12.8 Å². The van der Waals surface area contributed by atoms with Crippen LogP contribution in [0.2, 0.25) is 0 Å². The van der Waals surface area contributed by atoms with Crippen LogP contribution in [0.4, 0.5) is 0 Å². The summed E-state index contributed by atoms with van der Waals surface area (Å²) in [4.78, 5) is 0. The van der Waals surface area contributed by atoms with Crippen LogP contribution in [0.5, 0.6) is 0 Å². The number of rotatable bonds is 7. The van der Waals surface area contributed by atoms with Gasteiger partial charge in [-0.1, -0.05) is 23.2 Å². The molecule has 0 aliphatic rings. The quantitative estimate of drug-likeness (QED) is 0.419. The first-order valence-electron chi connectivity index (χ1n) is 4.64. The molecule has 0 fully saturated rings. The molecule has 0 spiro atoms. The van der Waals surface area contributed by atoms with Crippen molar-refractivity contribution in [1.82, 2.24) is 5.09 Å². The number of nitrogens with one attached hydrogen (secondary N) is 2. The summed E-state index contributed by atoms with van der Waals surface area (Å²) in [5.41, 5.74) is 0.575. The Morgan fingerprint density at radius 3 is 2.50 bits per heavy atom. The van der Waals surface area contributed by atoms with E-state index in [0.29, 0.717) is 18.2 Å². The Morgan fingerprint density at radius 1 is 1.57 bits per heavy atom. The number of alkyl halides is 1. The zero-order valence-corrected chi connectivity index (χ0v) is 11.9. The molecule has 0 rings (SSSR count). The summed E-state index contributed by atoms with van der Waals surface area (Å²) in [5, 5.41) is 10.3. The summed E-state index contributed by atoms with van der Waals surface area (Å²) in [6.45, 7) is 4.63. The summed E-state index contributed by atoms with van der Waals surface area (Å²) in [5.74, 6) is 0.325. The number of hydrogen-bond acceptors (Lipinski definition) is 3. The van der Waals surface area contributed by atoms with Gasteiger partial charge in [0.2, 0.25) is 0 Å². The van der Waals surface area contributed by atoms with E-state index in [1.165, 1.54) is 0 Å². The molecule has 86 valence electrons. The smallest absolute Gasteiger partial charge is 0.0658 e. The van der Waals surface area contributed by atoms with Gasteiger partial charge in [-0.2, -0.15) is 0 Å². The first-order chi connectivity index (χ1) is 6.74. The monoisotopic (exact) mass is 258 g/mol. The highest BCUT2D eigenvalue weighted by Gasteiger charge is 2.06. The molecule has 0 amide bonds. The minimum atomic E-state index is 0.274. The molecule has 3 nitrogen and oxygen atoms in total. The van der Waals surface area contributed by atoms with E-state index >= 15 is 0 Å². The van der Waals surface area contributed by atoms with Crippen molar-refractivity contribution in [3.63, 3.8) is 0 Å². The molecule has 6 heteroatoms. The van der Waals surface area contributed by atoms with Crippen molar-refractivity contribution in [2.45, 2.75) is 32.7 Å². The lowest BCUT2D eigenvalue weighted by molar-refractivity contribution is 0.318. The SMILES string of the molecule is CC.N=C(CCl)CCC(COP)NP. The molecule has 0 aromatic rings. The van der Waals surface area contributed by atoms with Crippen molar-refractivity contribution in [2.75, 3.05) is 12.5 Å². The van der Waals surface area contributed by atoms with Gasteiger partial charge in [-0.05, 0) is 12.8 Å². The molecule has 14 heavy (non-hydrogen) atoms. The van der Waals surface area contributed by atoms with E-state index in [1.807, 2.05) is 13.8 Å². The van der Waals surface area contributed by atoms with Gasteiger partial charge in [-0.15, -0.1) is 11.6 Å². The second-order valence-electron chi connectivity index (χ2n) is 2.47. The molecule has 0 aliphatic carbocycles. The van der Waals surface area contributed by atoms with E-state index in [9.17, 15) is 0 Å². The molecule has 2 N–H and O–H groups in total. The van der Waals surface area contributed by atoms with E-state index in [2.05, 4.69) is 23.9 Å². The van der Waals surface area contributed by atoms with Gasteiger partial charge in [-0.3, -0.25) is 5.09 Å². The van der Waals surface area contributed by atoms with Gasteiger partial charge in [0.05, 0.1) is 12.5 Å². The Hall–Kier alpha value is 0.740. The van der Waals surface area contributed by atoms with Crippen LogP contribution in [0.25, 0.3) is 0 Å². The van der Waals surface area contributed by atoms with Crippen molar-refractivity contribution in [3.8, 4) is 0 Å². The van der Waals surface area contributed by atoms with Crippen LogP contribution < -0.4 is 5.09 Å². The van der Waals surface area contributed by atoms with Crippen LogP contribution in [0, 0.1) is 5.41 Å². The van der Waals surface area contributed by atoms with Crippen LogP contribution >= 0.6 is 30.5 Å². The maximum atomic E-state index is 7.33. The van der Waals surface area contributed by atoms with Crippen molar-refractivity contribution >= 4 is 36.2 Å². The van der Waals surface area contributed by atoms with Crippen LogP contribution in [0.3, 0.4) is 0 Å². The van der Waals surface area contributed by atoms with E-state index in [1.54, 1.807) is 0 Å². The molecule has 0 aromatic heterocycles. The lowest BCUT2D eigenvalue weighted by Gasteiger charge is -2.13. The average molecular weight is 259 g/mol. The molecular weight excluding hydrogens is 238 g/mol. The molecular formula is C8H21ClN2OP2. The molecule has 0 bridgehead atoms. The minimum Gasteiger partial charge on any atom is -0.364 e. The predicted molar refractivity (Wildman–Crippen MR) is 71.3 cm³/mol. The maximum absolute atomic E-state index is 7.33. The molecule has 0 radical (unpaired) electrons. The maximum Gasteiger partial charge on any atom is 0.0658 e. The highest BCUT2D eigenvalue weighted by Crippen LogP contribution is 2.03. The third kappa shape index (κ3) is 10.8. The van der Waals surface area contributed by atoms with Gasteiger partial charge >= 0.3 is 0 Å². The van der Waals surface area contributed by atoms with Crippen molar-refractivity contribution in [3.05, 3.63) is 0 Å². The Kier molecular flexibility index (Phi) is 16.8. The number of hydrogen-bond donors (Lipinski definition) is 2. The fourth-order valence-electron chi connectivity index (χ4n) is 0.746. The third-order valence-electron chi connectivity index (χ3n) is 1.49. The zero-order valence-electron chi connectivity index (χ0n) is 8.85. The van der Waals surface area contributed by atoms with E-state index in [4.69, 9.17) is 21.5 Å². The minimum absolute atomic E-state index is 0.274. The summed E-state index contributed by atoms with van der Waals surface area (Å²) < 4.78 is 4.90. The molecule has 0 heterocycles. The summed E-state index contributed by atoms with van der Waals surface area (Å²) in [6.07, 6.45) is 1.60. The molecule has 0 saturated carbocycles. The standard InChI is InChI=1S/C6H15ClN2OP2.C2H6/c7-3-5(8)1-2-6(9-11)4-10-12;1-2/h6,8-9H,1-4,11-12H2;1-2H3.